The monoisotopic (exact) mass is 407 g/mol. The van der Waals surface area contributed by atoms with Crippen LogP contribution in [0.4, 0.5) is 13.2 Å². The molecular formula is C18H28F3N3O4. The highest BCUT2D eigenvalue weighted by atomic mass is 19.4. The van der Waals surface area contributed by atoms with Crippen molar-refractivity contribution >= 4 is 5.96 Å². The Morgan fingerprint density at radius 3 is 2.50 bits per heavy atom. The minimum atomic E-state index is -4.40. The Bertz CT molecular complexity index is 598. The second-order valence-corrected chi connectivity index (χ2v) is 5.70. The van der Waals surface area contributed by atoms with Gasteiger partial charge in [0.15, 0.2) is 24.1 Å². The van der Waals surface area contributed by atoms with Crippen molar-refractivity contribution in [2.24, 2.45) is 4.99 Å². The molecule has 0 radical (unpaired) electrons. The van der Waals surface area contributed by atoms with Crippen LogP contribution in [0.2, 0.25) is 0 Å². The third-order valence-electron chi connectivity index (χ3n) is 3.49. The Labute approximate surface area is 163 Å². The first-order chi connectivity index (χ1) is 13.4. The van der Waals surface area contributed by atoms with Crippen LogP contribution < -0.4 is 20.1 Å². The maximum atomic E-state index is 12.3. The zero-order valence-corrected chi connectivity index (χ0v) is 16.4. The molecule has 0 heterocycles. The van der Waals surface area contributed by atoms with Crippen molar-refractivity contribution in [3.05, 3.63) is 23.8 Å². The molecule has 0 saturated heterocycles. The van der Waals surface area contributed by atoms with E-state index in [2.05, 4.69) is 15.6 Å². The summed E-state index contributed by atoms with van der Waals surface area (Å²) in [7, 11) is 4.65. The Morgan fingerprint density at radius 2 is 1.86 bits per heavy atom. The van der Waals surface area contributed by atoms with E-state index in [-0.39, 0.29) is 11.5 Å². The first kappa shape index (κ1) is 23.8. The smallest absolute Gasteiger partial charge is 0.422 e. The Kier molecular flexibility index (Phi) is 11.1. The summed E-state index contributed by atoms with van der Waals surface area (Å²) in [4.78, 5) is 4.12. The molecule has 0 aliphatic heterocycles. The summed E-state index contributed by atoms with van der Waals surface area (Å²) in [5, 5.41) is 6.28. The number of ether oxygens (including phenoxy) is 4. The lowest BCUT2D eigenvalue weighted by Crippen LogP contribution is -2.37. The fraction of sp³-hybridized carbons (Fsp3) is 0.611. The van der Waals surface area contributed by atoms with Gasteiger partial charge in [0.1, 0.15) is 0 Å². The summed E-state index contributed by atoms with van der Waals surface area (Å²) < 4.78 is 57.1. The highest BCUT2D eigenvalue weighted by Gasteiger charge is 2.29. The number of benzene rings is 1. The molecular weight excluding hydrogens is 379 g/mol. The van der Waals surface area contributed by atoms with Crippen molar-refractivity contribution in [2.45, 2.75) is 19.1 Å². The van der Waals surface area contributed by atoms with Crippen LogP contribution in [0, 0.1) is 0 Å². The molecule has 0 aliphatic rings. The molecule has 0 fully saturated rings. The second-order valence-electron chi connectivity index (χ2n) is 5.70. The van der Waals surface area contributed by atoms with Gasteiger partial charge in [0, 0.05) is 33.9 Å². The van der Waals surface area contributed by atoms with Crippen LogP contribution in [0.15, 0.2) is 23.2 Å². The minimum absolute atomic E-state index is 0.0413. The van der Waals surface area contributed by atoms with Crippen LogP contribution in [0.5, 0.6) is 11.5 Å². The van der Waals surface area contributed by atoms with E-state index in [9.17, 15) is 13.2 Å². The average Bonchev–Trinajstić information content (AvgIpc) is 2.67. The van der Waals surface area contributed by atoms with Gasteiger partial charge in [-0.05, 0) is 24.1 Å². The number of aliphatic imine (C=N–C) groups is 1. The van der Waals surface area contributed by atoms with Gasteiger partial charge in [0.25, 0.3) is 0 Å². The summed E-state index contributed by atoms with van der Waals surface area (Å²) in [6, 6.07) is 4.74. The first-order valence-corrected chi connectivity index (χ1v) is 8.77. The molecule has 0 aromatic heterocycles. The van der Waals surface area contributed by atoms with Crippen molar-refractivity contribution < 1.29 is 32.1 Å². The van der Waals surface area contributed by atoms with E-state index >= 15 is 0 Å². The zero-order chi connectivity index (χ0) is 20.8. The van der Waals surface area contributed by atoms with Gasteiger partial charge in [-0.25, -0.2) is 0 Å². The van der Waals surface area contributed by atoms with E-state index < -0.39 is 12.8 Å². The van der Waals surface area contributed by atoms with Gasteiger partial charge >= 0.3 is 6.18 Å². The van der Waals surface area contributed by atoms with E-state index in [0.717, 1.165) is 12.0 Å². The lowest BCUT2D eigenvalue weighted by atomic mass is 10.2. The summed E-state index contributed by atoms with van der Waals surface area (Å²) >= 11 is 0. The average molecular weight is 407 g/mol. The SMILES string of the molecule is CN=C(NCCCOCCOC)NCc1ccc(OCC(F)(F)F)c(OC)c1. The molecule has 0 saturated carbocycles. The predicted octanol–water partition coefficient (Wildman–Crippen LogP) is 2.35. The molecule has 1 aromatic carbocycles. The van der Waals surface area contributed by atoms with Gasteiger partial charge < -0.3 is 29.6 Å². The number of rotatable bonds is 12. The summed E-state index contributed by atoms with van der Waals surface area (Å²) in [6.45, 7) is 1.48. The molecule has 0 bridgehead atoms. The van der Waals surface area contributed by atoms with E-state index in [1.807, 2.05) is 0 Å². The van der Waals surface area contributed by atoms with Gasteiger partial charge in [0.05, 0.1) is 20.3 Å². The van der Waals surface area contributed by atoms with E-state index in [1.54, 1.807) is 26.3 Å². The first-order valence-electron chi connectivity index (χ1n) is 8.77. The van der Waals surface area contributed by atoms with Crippen molar-refractivity contribution in [1.82, 2.24) is 10.6 Å². The standard InChI is InChI=1S/C18H28F3N3O4/c1-22-17(23-7-4-8-27-10-9-25-2)24-12-14-5-6-15(16(11-14)26-3)28-13-18(19,20)21/h5-6,11H,4,7-10,12-13H2,1-3H3,(H2,22,23,24). The number of alkyl halides is 3. The number of hydrogen-bond acceptors (Lipinski definition) is 5. The number of hydrogen-bond donors (Lipinski definition) is 2. The van der Waals surface area contributed by atoms with Crippen LogP contribution in [-0.2, 0) is 16.0 Å². The Hall–Kier alpha value is -2.20. The van der Waals surface area contributed by atoms with E-state index in [1.165, 1.54) is 13.2 Å². The van der Waals surface area contributed by atoms with Gasteiger partial charge in [-0.3, -0.25) is 4.99 Å². The van der Waals surface area contributed by atoms with Crippen LogP contribution in [0.25, 0.3) is 0 Å². The molecule has 1 aromatic rings. The van der Waals surface area contributed by atoms with Crippen molar-refractivity contribution in [2.75, 3.05) is 54.2 Å². The lowest BCUT2D eigenvalue weighted by Gasteiger charge is -2.15. The zero-order valence-electron chi connectivity index (χ0n) is 16.4. The number of guanidine groups is 1. The highest BCUT2D eigenvalue weighted by Crippen LogP contribution is 2.29. The quantitative estimate of drug-likeness (QED) is 0.315. The second kappa shape index (κ2) is 13.1. The molecule has 160 valence electrons. The fourth-order valence-corrected chi connectivity index (χ4v) is 2.13. The molecule has 28 heavy (non-hydrogen) atoms. The van der Waals surface area contributed by atoms with Crippen LogP contribution in [-0.4, -0.2) is 66.4 Å². The molecule has 7 nitrogen and oxygen atoms in total. The van der Waals surface area contributed by atoms with Gasteiger partial charge in [-0.2, -0.15) is 13.2 Å². The maximum absolute atomic E-state index is 12.3. The van der Waals surface area contributed by atoms with Gasteiger partial charge in [-0.15, -0.1) is 0 Å². The fourth-order valence-electron chi connectivity index (χ4n) is 2.13. The van der Waals surface area contributed by atoms with E-state index in [4.69, 9.17) is 18.9 Å². The molecule has 0 atom stereocenters. The summed E-state index contributed by atoms with van der Waals surface area (Å²) in [5.41, 5.74) is 0.807. The third kappa shape index (κ3) is 10.2. The van der Waals surface area contributed by atoms with Crippen molar-refractivity contribution in [3.63, 3.8) is 0 Å². The molecule has 0 spiro atoms. The van der Waals surface area contributed by atoms with Crippen molar-refractivity contribution in [3.8, 4) is 11.5 Å². The van der Waals surface area contributed by atoms with Gasteiger partial charge in [0.2, 0.25) is 0 Å². The number of nitrogens with zero attached hydrogens (tertiary/aromatic N) is 1. The minimum Gasteiger partial charge on any atom is -0.493 e. The van der Waals surface area contributed by atoms with Gasteiger partial charge in [-0.1, -0.05) is 6.07 Å². The van der Waals surface area contributed by atoms with Crippen LogP contribution >= 0.6 is 0 Å². The Morgan fingerprint density at radius 1 is 1.07 bits per heavy atom. The molecule has 10 heteroatoms. The predicted molar refractivity (Wildman–Crippen MR) is 100 cm³/mol. The van der Waals surface area contributed by atoms with Crippen LogP contribution in [0.3, 0.4) is 0 Å². The maximum Gasteiger partial charge on any atom is 0.422 e. The summed E-state index contributed by atoms with van der Waals surface area (Å²) in [6.07, 6.45) is -3.60. The van der Waals surface area contributed by atoms with Crippen molar-refractivity contribution in [1.29, 1.82) is 0 Å². The topological polar surface area (TPSA) is 73.3 Å². The van der Waals surface area contributed by atoms with E-state index in [0.29, 0.717) is 38.9 Å². The largest absolute Gasteiger partial charge is 0.493 e. The lowest BCUT2D eigenvalue weighted by molar-refractivity contribution is -0.153. The molecule has 0 aliphatic carbocycles. The number of halogens is 3. The number of nitrogens with one attached hydrogen (secondary N) is 2. The molecule has 2 N–H and O–H groups in total. The highest BCUT2D eigenvalue weighted by molar-refractivity contribution is 5.79. The van der Waals surface area contributed by atoms with Crippen LogP contribution in [0.1, 0.15) is 12.0 Å². The molecule has 1 rings (SSSR count). The summed E-state index contributed by atoms with van der Waals surface area (Å²) in [5.74, 6) is 0.882. The third-order valence-corrected chi connectivity index (χ3v) is 3.49. The molecule has 0 unspecified atom stereocenters. The number of methoxy groups -OCH3 is 2. The normalized spacial score (nSPS) is 12.0. The molecule has 0 amide bonds. The Balaban J connectivity index is 2.43.